The molecular formula is C17H23ClN2S. The van der Waals surface area contributed by atoms with Crippen molar-refractivity contribution in [3.8, 4) is 0 Å². The molecule has 0 unspecified atom stereocenters. The molecule has 0 saturated carbocycles. The zero-order valence-electron chi connectivity index (χ0n) is 13.1. The van der Waals surface area contributed by atoms with Crippen LogP contribution in [-0.2, 0) is 13.0 Å². The van der Waals surface area contributed by atoms with E-state index in [1.54, 1.807) is 0 Å². The fourth-order valence-electron chi connectivity index (χ4n) is 2.14. The van der Waals surface area contributed by atoms with Crippen LogP contribution >= 0.6 is 22.9 Å². The minimum absolute atomic E-state index is 0.462. The Morgan fingerprint density at radius 2 is 1.81 bits per heavy atom. The average molecular weight is 323 g/mol. The summed E-state index contributed by atoms with van der Waals surface area (Å²) in [6.07, 6.45) is 0.878. The number of rotatable bonds is 6. The zero-order valence-corrected chi connectivity index (χ0v) is 14.7. The molecule has 2 rings (SSSR count). The Morgan fingerprint density at radius 1 is 1.14 bits per heavy atom. The maximum atomic E-state index is 5.94. The molecule has 0 saturated heterocycles. The second kappa shape index (κ2) is 7.39. The standard InChI is InChI=1S/C17H23ClN2S/c1-11(2)17-15(10-19-12(3)4)21-16(20-17)9-13-5-7-14(18)8-6-13/h5-8,11-12,19H,9-10H2,1-4H3. The van der Waals surface area contributed by atoms with Crippen molar-refractivity contribution in [3.05, 3.63) is 50.4 Å². The van der Waals surface area contributed by atoms with Gasteiger partial charge in [0.2, 0.25) is 0 Å². The van der Waals surface area contributed by atoms with E-state index < -0.39 is 0 Å². The van der Waals surface area contributed by atoms with Gasteiger partial charge in [0.05, 0.1) is 10.7 Å². The molecule has 1 aromatic heterocycles. The first-order chi connectivity index (χ1) is 9.95. The van der Waals surface area contributed by atoms with Gasteiger partial charge >= 0.3 is 0 Å². The first-order valence-electron chi connectivity index (χ1n) is 7.42. The highest BCUT2D eigenvalue weighted by atomic mass is 35.5. The van der Waals surface area contributed by atoms with Gasteiger partial charge < -0.3 is 5.32 Å². The highest BCUT2D eigenvalue weighted by Crippen LogP contribution is 2.27. The van der Waals surface area contributed by atoms with Crippen LogP contribution in [0.3, 0.4) is 0 Å². The van der Waals surface area contributed by atoms with Crippen LogP contribution in [0.4, 0.5) is 0 Å². The first-order valence-corrected chi connectivity index (χ1v) is 8.61. The van der Waals surface area contributed by atoms with E-state index in [0.29, 0.717) is 12.0 Å². The molecule has 21 heavy (non-hydrogen) atoms. The van der Waals surface area contributed by atoms with E-state index in [9.17, 15) is 0 Å². The van der Waals surface area contributed by atoms with Crippen molar-refractivity contribution >= 4 is 22.9 Å². The molecule has 0 aliphatic carbocycles. The molecule has 0 amide bonds. The topological polar surface area (TPSA) is 24.9 Å². The maximum absolute atomic E-state index is 5.94. The summed E-state index contributed by atoms with van der Waals surface area (Å²) in [5.74, 6) is 0.462. The Bertz CT molecular complexity index is 573. The highest BCUT2D eigenvalue weighted by molar-refractivity contribution is 7.11. The van der Waals surface area contributed by atoms with Crippen molar-refractivity contribution in [1.82, 2.24) is 10.3 Å². The Labute approximate surface area is 136 Å². The summed E-state index contributed by atoms with van der Waals surface area (Å²) in [4.78, 5) is 6.21. The third-order valence-electron chi connectivity index (χ3n) is 3.26. The van der Waals surface area contributed by atoms with Crippen molar-refractivity contribution in [2.75, 3.05) is 0 Å². The lowest BCUT2D eigenvalue weighted by atomic mass is 10.1. The molecule has 2 nitrogen and oxygen atoms in total. The van der Waals surface area contributed by atoms with Gasteiger partial charge in [-0.15, -0.1) is 11.3 Å². The number of hydrogen-bond donors (Lipinski definition) is 1. The lowest BCUT2D eigenvalue weighted by molar-refractivity contribution is 0.588. The lowest BCUT2D eigenvalue weighted by Gasteiger charge is -2.09. The van der Waals surface area contributed by atoms with Crippen molar-refractivity contribution in [2.45, 2.75) is 52.6 Å². The molecule has 1 N–H and O–H groups in total. The molecule has 1 heterocycles. The van der Waals surface area contributed by atoms with Crippen LogP contribution in [0.25, 0.3) is 0 Å². The molecule has 0 bridgehead atoms. The summed E-state index contributed by atoms with van der Waals surface area (Å²) in [5.41, 5.74) is 2.49. The SMILES string of the molecule is CC(C)NCc1sc(Cc2ccc(Cl)cc2)nc1C(C)C. The Kier molecular flexibility index (Phi) is 5.80. The fourth-order valence-corrected chi connectivity index (χ4v) is 3.48. The van der Waals surface area contributed by atoms with Crippen molar-refractivity contribution in [2.24, 2.45) is 0 Å². The molecule has 0 atom stereocenters. The first kappa shape index (κ1) is 16.5. The molecule has 114 valence electrons. The van der Waals surface area contributed by atoms with Crippen molar-refractivity contribution in [1.29, 1.82) is 0 Å². The van der Waals surface area contributed by atoms with Gasteiger partial charge in [0.1, 0.15) is 0 Å². The maximum Gasteiger partial charge on any atom is 0.0975 e. The second-order valence-electron chi connectivity index (χ2n) is 5.91. The van der Waals surface area contributed by atoms with Gasteiger partial charge in [-0.3, -0.25) is 0 Å². The third kappa shape index (κ3) is 4.80. The number of benzene rings is 1. The van der Waals surface area contributed by atoms with Gasteiger partial charge in [0.15, 0.2) is 0 Å². The zero-order chi connectivity index (χ0) is 15.4. The van der Waals surface area contributed by atoms with Gasteiger partial charge in [-0.2, -0.15) is 0 Å². The van der Waals surface area contributed by atoms with Crippen LogP contribution in [0.5, 0.6) is 0 Å². The third-order valence-corrected chi connectivity index (χ3v) is 4.58. The number of thiazole rings is 1. The minimum Gasteiger partial charge on any atom is -0.310 e. The largest absolute Gasteiger partial charge is 0.310 e. The number of aromatic nitrogens is 1. The highest BCUT2D eigenvalue weighted by Gasteiger charge is 2.14. The quantitative estimate of drug-likeness (QED) is 0.808. The summed E-state index contributed by atoms with van der Waals surface area (Å²) in [6, 6.07) is 8.52. The Morgan fingerprint density at radius 3 is 2.38 bits per heavy atom. The predicted octanol–water partition coefficient (Wildman–Crippen LogP) is 5.01. The number of hydrogen-bond acceptors (Lipinski definition) is 3. The molecule has 0 spiro atoms. The second-order valence-corrected chi connectivity index (χ2v) is 7.51. The van der Waals surface area contributed by atoms with E-state index in [1.165, 1.54) is 21.1 Å². The summed E-state index contributed by atoms with van der Waals surface area (Å²) in [7, 11) is 0. The average Bonchev–Trinajstić information content (AvgIpc) is 2.82. The predicted molar refractivity (Wildman–Crippen MR) is 92.4 cm³/mol. The molecule has 0 aliphatic rings. The molecular weight excluding hydrogens is 300 g/mol. The molecule has 2 aromatic rings. The fraction of sp³-hybridized carbons (Fsp3) is 0.471. The van der Waals surface area contributed by atoms with E-state index >= 15 is 0 Å². The molecule has 1 aromatic carbocycles. The van der Waals surface area contributed by atoms with Gasteiger partial charge in [0.25, 0.3) is 0 Å². The van der Waals surface area contributed by atoms with Crippen LogP contribution in [0.15, 0.2) is 24.3 Å². The van der Waals surface area contributed by atoms with E-state index in [1.807, 2.05) is 23.5 Å². The van der Waals surface area contributed by atoms with Crippen molar-refractivity contribution < 1.29 is 0 Å². The summed E-state index contributed by atoms with van der Waals surface area (Å²) < 4.78 is 0. The van der Waals surface area contributed by atoms with Gasteiger partial charge in [-0.05, 0) is 23.6 Å². The summed E-state index contributed by atoms with van der Waals surface area (Å²) in [5, 5.41) is 5.46. The van der Waals surface area contributed by atoms with Crippen LogP contribution in [0, 0.1) is 0 Å². The molecule has 0 radical (unpaired) electrons. The summed E-state index contributed by atoms with van der Waals surface area (Å²) >= 11 is 7.76. The van der Waals surface area contributed by atoms with E-state index in [2.05, 4.69) is 45.1 Å². The normalized spacial score (nSPS) is 11.6. The van der Waals surface area contributed by atoms with E-state index in [-0.39, 0.29) is 0 Å². The lowest BCUT2D eigenvalue weighted by Crippen LogP contribution is -2.22. The smallest absolute Gasteiger partial charge is 0.0975 e. The monoisotopic (exact) mass is 322 g/mol. The number of nitrogens with zero attached hydrogens (tertiary/aromatic N) is 1. The minimum atomic E-state index is 0.462. The Balaban J connectivity index is 2.16. The van der Waals surface area contributed by atoms with E-state index in [0.717, 1.165) is 18.0 Å². The number of halogens is 1. The van der Waals surface area contributed by atoms with Crippen LogP contribution < -0.4 is 5.32 Å². The Hall–Kier alpha value is -0.900. The van der Waals surface area contributed by atoms with Crippen LogP contribution in [-0.4, -0.2) is 11.0 Å². The van der Waals surface area contributed by atoms with Crippen LogP contribution in [0.1, 0.15) is 54.8 Å². The van der Waals surface area contributed by atoms with Gasteiger partial charge in [-0.1, -0.05) is 51.4 Å². The summed E-state index contributed by atoms with van der Waals surface area (Å²) in [6.45, 7) is 9.67. The van der Waals surface area contributed by atoms with Gasteiger partial charge in [0, 0.05) is 28.9 Å². The van der Waals surface area contributed by atoms with Crippen LogP contribution in [0.2, 0.25) is 5.02 Å². The molecule has 4 heteroatoms. The molecule has 0 aliphatic heterocycles. The number of nitrogens with one attached hydrogen (secondary N) is 1. The van der Waals surface area contributed by atoms with Crippen molar-refractivity contribution in [3.63, 3.8) is 0 Å². The molecule has 0 fully saturated rings. The van der Waals surface area contributed by atoms with E-state index in [4.69, 9.17) is 16.6 Å². The van der Waals surface area contributed by atoms with Gasteiger partial charge in [-0.25, -0.2) is 4.98 Å².